The van der Waals surface area contributed by atoms with Crippen LogP contribution in [0, 0.1) is 12.8 Å². The summed E-state index contributed by atoms with van der Waals surface area (Å²) in [6.07, 6.45) is 4.51. The number of amides is 1. The van der Waals surface area contributed by atoms with Gasteiger partial charge in [0, 0.05) is 42.3 Å². The maximum atomic E-state index is 13.1. The van der Waals surface area contributed by atoms with Crippen LogP contribution < -0.4 is 10.9 Å². The van der Waals surface area contributed by atoms with Crippen molar-refractivity contribution in [1.29, 1.82) is 0 Å². The highest BCUT2D eigenvalue weighted by Gasteiger charge is 2.33. The molecule has 2 aromatic rings. The molecular weight excluding hydrogens is 402 g/mol. The van der Waals surface area contributed by atoms with Crippen LogP contribution in [0.2, 0.25) is 0 Å². The largest absolute Gasteiger partial charge is 0.381 e. The number of nitrogens with zero attached hydrogens (tertiary/aromatic N) is 1. The van der Waals surface area contributed by atoms with Crippen molar-refractivity contribution in [2.75, 3.05) is 24.8 Å². The van der Waals surface area contributed by atoms with Crippen molar-refractivity contribution in [3.8, 4) is 0 Å². The molecule has 0 aromatic carbocycles. The number of sulfone groups is 1. The van der Waals surface area contributed by atoms with Gasteiger partial charge in [0.25, 0.3) is 5.56 Å². The van der Waals surface area contributed by atoms with E-state index in [1.165, 1.54) is 17.4 Å². The number of H-pyrrole nitrogens is 1. The molecule has 8 nitrogen and oxygen atoms in total. The summed E-state index contributed by atoms with van der Waals surface area (Å²) < 4.78 is 30.1. The average molecular weight is 426 g/mol. The van der Waals surface area contributed by atoms with E-state index < -0.39 is 27.2 Å². The molecule has 152 valence electrons. The van der Waals surface area contributed by atoms with E-state index in [-0.39, 0.29) is 16.4 Å². The van der Waals surface area contributed by atoms with Crippen LogP contribution in [0.15, 0.2) is 27.3 Å². The Morgan fingerprint density at radius 2 is 2.14 bits per heavy atom. The molecule has 0 bridgehead atoms. The Morgan fingerprint density at radius 3 is 2.75 bits per heavy atom. The van der Waals surface area contributed by atoms with Crippen LogP contribution in [0.4, 0.5) is 5.13 Å². The van der Waals surface area contributed by atoms with E-state index >= 15 is 0 Å². The second kappa shape index (κ2) is 8.54. The highest BCUT2D eigenvalue weighted by Crippen LogP contribution is 2.32. The fraction of sp³-hybridized carbons (Fsp3) is 0.500. The zero-order valence-electron chi connectivity index (χ0n) is 15.7. The minimum absolute atomic E-state index is 0.00588. The van der Waals surface area contributed by atoms with Crippen LogP contribution in [0.1, 0.15) is 36.4 Å². The third-order valence-electron chi connectivity index (χ3n) is 4.81. The van der Waals surface area contributed by atoms with Crippen molar-refractivity contribution in [1.82, 2.24) is 9.97 Å². The molecule has 1 aliphatic heterocycles. The van der Waals surface area contributed by atoms with E-state index in [0.717, 1.165) is 19.1 Å². The van der Waals surface area contributed by atoms with Gasteiger partial charge in [-0.05, 0) is 38.2 Å². The molecule has 28 heavy (non-hydrogen) atoms. The Balaban J connectivity index is 2.05. The zero-order chi connectivity index (χ0) is 20.3. The average Bonchev–Trinajstić information content (AvgIpc) is 3.12. The number of pyridine rings is 1. The van der Waals surface area contributed by atoms with E-state index in [4.69, 9.17) is 4.74 Å². The molecule has 1 atom stereocenters. The summed E-state index contributed by atoms with van der Waals surface area (Å²) in [4.78, 5) is 32.4. The maximum Gasteiger partial charge on any atom is 0.253 e. The van der Waals surface area contributed by atoms with E-state index in [0.29, 0.717) is 30.5 Å². The van der Waals surface area contributed by atoms with Crippen LogP contribution in [0.25, 0.3) is 0 Å². The summed E-state index contributed by atoms with van der Waals surface area (Å²) in [6, 6.07) is 1.42. The van der Waals surface area contributed by atoms with Crippen LogP contribution in [0.5, 0.6) is 0 Å². The van der Waals surface area contributed by atoms with Gasteiger partial charge in [-0.1, -0.05) is 0 Å². The Labute approximate surface area is 167 Å². The summed E-state index contributed by atoms with van der Waals surface area (Å²) in [5.74, 6) is -1.17. The molecule has 0 spiro atoms. The van der Waals surface area contributed by atoms with E-state index in [9.17, 15) is 18.0 Å². The van der Waals surface area contributed by atoms with Crippen LogP contribution >= 0.6 is 11.3 Å². The molecule has 1 amide bonds. The third-order valence-corrected chi connectivity index (χ3v) is 6.63. The molecule has 1 aliphatic rings. The van der Waals surface area contributed by atoms with Crippen LogP contribution in [-0.4, -0.2) is 43.8 Å². The first kappa shape index (κ1) is 20.7. The number of carbonyl (C=O) groups excluding carboxylic acids is 1. The Hall–Kier alpha value is -2.04. The van der Waals surface area contributed by atoms with Gasteiger partial charge >= 0.3 is 0 Å². The fourth-order valence-electron chi connectivity index (χ4n) is 3.45. The molecule has 2 aromatic heterocycles. The molecule has 10 heteroatoms. The monoisotopic (exact) mass is 425 g/mol. The van der Waals surface area contributed by atoms with Gasteiger partial charge in [0.05, 0.1) is 10.8 Å². The summed E-state index contributed by atoms with van der Waals surface area (Å²) >= 11 is 1.26. The Morgan fingerprint density at radius 1 is 1.43 bits per heavy atom. The predicted octanol–water partition coefficient (Wildman–Crippen LogP) is 2.08. The van der Waals surface area contributed by atoms with E-state index in [1.807, 2.05) is 0 Å². The number of aryl methyl sites for hydroxylation is 1. The lowest BCUT2D eigenvalue weighted by atomic mass is 9.84. The number of carbonyl (C=O) groups is 1. The lowest BCUT2D eigenvalue weighted by molar-refractivity contribution is -0.118. The molecule has 3 rings (SSSR count). The molecule has 3 heterocycles. The molecule has 0 saturated carbocycles. The number of aromatic nitrogens is 2. The molecule has 1 unspecified atom stereocenters. The quantitative estimate of drug-likeness (QED) is 0.732. The highest BCUT2D eigenvalue weighted by molar-refractivity contribution is 7.90. The lowest BCUT2D eigenvalue weighted by Gasteiger charge is -2.26. The number of rotatable bonds is 6. The second-order valence-corrected chi connectivity index (χ2v) is 9.88. The Kier molecular flexibility index (Phi) is 6.31. The number of thiazole rings is 1. The van der Waals surface area contributed by atoms with Gasteiger partial charge in [-0.3, -0.25) is 9.59 Å². The lowest BCUT2D eigenvalue weighted by Crippen LogP contribution is -2.32. The number of aromatic amines is 1. The molecular formula is C18H23N3O5S2. The SMILES string of the molecule is Cc1cc(S(C)(=O)=O)c(C(CC2CCOCC2)C(=O)Nc2nccs2)c(=O)[nH]1. The van der Waals surface area contributed by atoms with Crippen LogP contribution in [0.3, 0.4) is 0 Å². The van der Waals surface area contributed by atoms with E-state index in [1.54, 1.807) is 18.5 Å². The van der Waals surface area contributed by atoms with Gasteiger partial charge < -0.3 is 15.0 Å². The van der Waals surface area contributed by atoms with Crippen molar-refractivity contribution in [3.63, 3.8) is 0 Å². The fourth-order valence-corrected chi connectivity index (χ4v) is 5.01. The van der Waals surface area contributed by atoms with Crippen molar-refractivity contribution in [2.45, 2.75) is 37.0 Å². The summed E-state index contributed by atoms with van der Waals surface area (Å²) in [5.41, 5.74) is -0.125. The van der Waals surface area contributed by atoms with Gasteiger partial charge in [-0.2, -0.15) is 0 Å². The second-order valence-electron chi connectivity index (χ2n) is 7.00. The summed E-state index contributed by atoms with van der Waals surface area (Å²) in [7, 11) is -3.70. The zero-order valence-corrected chi connectivity index (χ0v) is 17.4. The predicted molar refractivity (Wildman–Crippen MR) is 107 cm³/mol. The van der Waals surface area contributed by atoms with Crippen molar-refractivity contribution in [2.24, 2.45) is 5.92 Å². The highest BCUT2D eigenvalue weighted by atomic mass is 32.2. The standard InChI is InChI=1S/C18H23N3O5S2/c1-11-9-14(28(2,24)25)15(17(23)20-11)13(10-12-3-6-26-7-4-12)16(22)21-18-19-5-8-27-18/h5,8-9,12-13H,3-4,6-7,10H2,1-2H3,(H,20,23)(H,19,21,22). The van der Waals surface area contributed by atoms with Gasteiger partial charge in [0.1, 0.15) is 0 Å². The minimum Gasteiger partial charge on any atom is -0.381 e. The summed E-state index contributed by atoms with van der Waals surface area (Å²) in [6.45, 7) is 2.80. The number of hydrogen-bond donors (Lipinski definition) is 2. The topological polar surface area (TPSA) is 118 Å². The maximum absolute atomic E-state index is 13.1. The van der Waals surface area contributed by atoms with Gasteiger partial charge in [0.2, 0.25) is 5.91 Å². The van der Waals surface area contributed by atoms with Crippen LogP contribution in [-0.2, 0) is 19.4 Å². The first-order valence-corrected chi connectivity index (χ1v) is 11.7. The number of hydrogen-bond acceptors (Lipinski definition) is 7. The third kappa shape index (κ3) is 4.86. The molecule has 1 saturated heterocycles. The molecule has 0 aliphatic carbocycles. The number of anilines is 1. The van der Waals surface area contributed by atoms with Crippen molar-refractivity contribution < 1.29 is 17.9 Å². The van der Waals surface area contributed by atoms with Crippen molar-refractivity contribution in [3.05, 3.63) is 39.3 Å². The molecule has 2 N–H and O–H groups in total. The Bertz CT molecular complexity index is 993. The molecule has 1 fully saturated rings. The molecule has 0 radical (unpaired) electrons. The van der Waals surface area contributed by atoms with Crippen molar-refractivity contribution >= 4 is 32.2 Å². The van der Waals surface area contributed by atoms with Gasteiger partial charge in [-0.25, -0.2) is 13.4 Å². The number of nitrogens with one attached hydrogen (secondary N) is 2. The first-order valence-electron chi connectivity index (χ1n) is 8.97. The normalized spacial score (nSPS) is 16.6. The smallest absolute Gasteiger partial charge is 0.253 e. The van der Waals surface area contributed by atoms with Gasteiger partial charge in [-0.15, -0.1) is 11.3 Å². The van der Waals surface area contributed by atoms with Gasteiger partial charge in [0.15, 0.2) is 15.0 Å². The summed E-state index contributed by atoms with van der Waals surface area (Å²) in [5, 5.41) is 4.85. The number of ether oxygens (including phenoxy) is 1. The minimum atomic E-state index is -3.70. The first-order chi connectivity index (χ1) is 13.3. The van der Waals surface area contributed by atoms with E-state index in [2.05, 4.69) is 15.3 Å².